The average Bonchev–Trinajstić information content (AvgIpc) is 2.99. The van der Waals surface area contributed by atoms with Crippen LogP contribution in [0.15, 0.2) is 48.9 Å². The minimum Gasteiger partial charge on any atom is -0.332 e. The number of aromatic nitrogens is 3. The highest BCUT2D eigenvalue weighted by atomic mass is 32.1. The van der Waals surface area contributed by atoms with Gasteiger partial charge in [0.1, 0.15) is 4.88 Å². The van der Waals surface area contributed by atoms with Gasteiger partial charge in [-0.25, -0.2) is 9.78 Å². The molecule has 6 nitrogen and oxygen atoms in total. The van der Waals surface area contributed by atoms with Crippen LogP contribution in [0.5, 0.6) is 0 Å². The molecule has 0 spiro atoms. The van der Waals surface area contributed by atoms with Gasteiger partial charge in [0.25, 0.3) is 0 Å². The van der Waals surface area contributed by atoms with Gasteiger partial charge in [0.05, 0.1) is 17.9 Å². The van der Waals surface area contributed by atoms with Crippen molar-refractivity contribution in [3.8, 4) is 11.8 Å². The molecule has 0 bridgehead atoms. The van der Waals surface area contributed by atoms with Crippen molar-refractivity contribution in [2.45, 2.75) is 13.5 Å². The van der Waals surface area contributed by atoms with E-state index in [1.807, 2.05) is 37.3 Å². The van der Waals surface area contributed by atoms with Crippen molar-refractivity contribution in [3.63, 3.8) is 0 Å². The second-order valence-corrected chi connectivity index (χ2v) is 6.05. The first kappa shape index (κ1) is 16.6. The van der Waals surface area contributed by atoms with Crippen LogP contribution in [0.4, 0.5) is 9.93 Å². The summed E-state index contributed by atoms with van der Waals surface area (Å²) in [5.74, 6) is 6.14. The summed E-state index contributed by atoms with van der Waals surface area (Å²) in [6.07, 6.45) is 5.08. The fourth-order valence-electron chi connectivity index (χ4n) is 1.94. The molecule has 0 radical (unpaired) electrons. The maximum atomic E-state index is 12.0. The first-order chi connectivity index (χ1) is 12.2. The molecule has 0 aliphatic carbocycles. The van der Waals surface area contributed by atoms with Gasteiger partial charge in [0.2, 0.25) is 0 Å². The average molecular weight is 349 g/mol. The molecule has 3 aromatic heterocycles. The van der Waals surface area contributed by atoms with Crippen molar-refractivity contribution in [1.29, 1.82) is 0 Å². The van der Waals surface area contributed by atoms with Crippen LogP contribution >= 0.6 is 11.3 Å². The number of carbonyl (C=O) groups excluding carboxylic acids is 1. The van der Waals surface area contributed by atoms with E-state index in [0.29, 0.717) is 11.7 Å². The molecule has 0 fully saturated rings. The molecule has 0 unspecified atom stereocenters. The second-order valence-electron chi connectivity index (χ2n) is 5.05. The highest BCUT2D eigenvalue weighted by molar-refractivity contribution is 7.16. The summed E-state index contributed by atoms with van der Waals surface area (Å²) in [5, 5.41) is 5.98. The molecule has 0 aliphatic rings. The van der Waals surface area contributed by atoms with E-state index in [-0.39, 0.29) is 6.03 Å². The van der Waals surface area contributed by atoms with Crippen molar-refractivity contribution >= 4 is 22.5 Å². The normalized spacial score (nSPS) is 9.80. The van der Waals surface area contributed by atoms with E-state index < -0.39 is 0 Å². The Bertz CT molecular complexity index is 913. The minimum atomic E-state index is -0.326. The van der Waals surface area contributed by atoms with Crippen molar-refractivity contribution in [3.05, 3.63) is 70.8 Å². The highest BCUT2D eigenvalue weighted by Gasteiger charge is 2.09. The molecule has 2 amide bonds. The number of hydrogen-bond acceptors (Lipinski definition) is 5. The largest absolute Gasteiger partial charge is 0.332 e. The van der Waals surface area contributed by atoms with Crippen molar-refractivity contribution in [2.24, 2.45) is 0 Å². The number of nitrogens with zero attached hydrogens (tertiary/aromatic N) is 3. The Balaban J connectivity index is 1.60. The number of aryl methyl sites for hydroxylation is 1. The number of amides is 2. The molecule has 2 N–H and O–H groups in total. The van der Waals surface area contributed by atoms with E-state index in [1.54, 1.807) is 18.6 Å². The molecule has 3 aromatic rings. The lowest BCUT2D eigenvalue weighted by atomic mass is 10.2. The number of hydrogen-bond donors (Lipinski definition) is 2. The molecule has 7 heteroatoms. The van der Waals surface area contributed by atoms with Crippen LogP contribution in [0.25, 0.3) is 0 Å². The van der Waals surface area contributed by atoms with Crippen LogP contribution in [0.3, 0.4) is 0 Å². The van der Waals surface area contributed by atoms with Crippen molar-refractivity contribution < 1.29 is 4.79 Å². The molecule has 25 heavy (non-hydrogen) atoms. The molecule has 3 heterocycles. The maximum Gasteiger partial charge on any atom is 0.321 e. The molecule has 124 valence electrons. The van der Waals surface area contributed by atoms with Crippen LogP contribution in [0.1, 0.15) is 21.8 Å². The summed E-state index contributed by atoms with van der Waals surface area (Å²) in [6, 6.07) is 8.91. The Morgan fingerprint density at radius 3 is 2.76 bits per heavy atom. The third-order valence-electron chi connectivity index (χ3n) is 3.17. The van der Waals surface area contributed by atoms with Gasteiger partial charge in [-0.1, -0.05) is 23.3 Å². The summed E-state index contributed by atoms with van der Waals surface area (Å²) in [5.41, 5.74) is 2.45. The predicted molar refractivity (Wildman–Crippen MR) is 97.2 cm³/mol. The first-order valence-corrected chi connectivity index (χ1v) is 8.36. The Hall–Kier alpha value is -3.24. The van der Waals surface area contributed by atoms with Crippen LogP contribution in [-0.2, 0) is 6.54 Å². The fraction of sp³-hybridized carbons (Fsp3) is 0.111. The molecule has 0 aliphatic heterocycles. The van der Waals surface area contributed by atoms with Gasteiger partial charge in [-0.3, -0.25) is 15.3 Å². The molecular weight excluding hydrogens is 334 g/mol. The summed E-state index contributed by atoms with van der Waals surface area (Å²) >= 11 is 1.34. The number of pyridine rings is 2. The zero-order valence-corrected chi connectivity index (χ0v) is 14.3. The van der Waals surface area contributed by atoms with Gasteiger partial charge in [-0.15, -0.1) is 0 Å². The quantitative estimate of drug-likeness (QED) is 0.713. The lowest BCUT2D eigenvalue weighted by molar-refractivity contribution is 0.251. The Kier molecular flexibility index (Phi) is 5.34. The maximum absolute atomic E-state index is 12.0. The van der Waals surface area contributed by atoms with E-state index in [1.165, 1.54) is 11.3 Å². The third kappa shape index (κ3) is 4.86. The van der Waals surface area contributed by atoms with Gasteiger partial charge in [0, 0.05) is 24.2 Å². The number of nitrogens with one attached hydrogen (secondary N) is 2. The topological polar surface area (TPSA) is 79.8 Å². The Morgan fingerprint density at radius 2 is 2.00 bits per heavy atom. The molecule has 0 aromatic carbocycles. The highest BCUT2D eigenvalue weighted by Crippen LogP contribution is 2.21. The summed E-state index contributed by atoms with van der Waals surface area (Å²) in [6.45, 7) is 2.22. The lowest BCUT2D eigenvalue weighted by Crippen LogP contribution is -2.28. The Morgan fingerprint density at radius 1 is 1.16 bits per heavy atom. The first-order valence-electron chi connectivity index (χ1n) is 7.55. The zero-order chi connectivity index (χ0) is 17.5. The monoisotopic (exact) mass is 349 g/mol. The van der Waals surface area contributed by atoms with Crippen molar-refractivity contribution in [2.75, 3.05) is 5.32 Å². The van der Waals surface area contributed by atoms with E-state index in [2.05, 4.69) is 37.4 Å². The zero-order valence-electron chi connectivity index (χ0n) is 13.5. The SMILES string of the molecule is Cc1nc(NC(=O)NCc2ccccn2)sc1C#Cc1ccncc1. The van der Waals surface area contributed by atoms with E-state index in [9.17, 15) is 4.79 Å². The number of urea groups is 1. The number of thiazole rings is 1. The second kappa shape index (κ2) is 8.04. The predicted octanol–water partition coefficient (Wildman–Crippen LogP) is 2.96. The fourth-order valence-corrected chi connectivity index (χ4v) is 2.76. The lowest BCUT2D eigenvalue weighted by Gasteiger charge is -2.04. The summed E-state index contributed by atoms with van der Waals surface area (Å²) < 4.78 is 0. The van der Waals surface area contributed by atoms with Crippen LogP contribution < -0.4 is 10.6 Å². The van der Waals surface area contributed by atoms with Crippen LogP contribution in [0, 0.1) is 18.8 Å². The van der Waals surface area contributed by atoms with Crippen molar-refractivity contribution in [1.82, 2.24) is 20.3 Å². The number of rotatable bonds is 3. The molecule has 0 saturated heterocycles. The van der Waals surface area contributed by atoms with Gasteiger partial charge >= 0.3 is 6.03 Å². The van der Waals surface area contributed by atoms with E-state index in [4.69, 9.17) is 0 Å². The van der Waals surface area contributed by atoms with E-state index >= 15 is 0 Å². The third-order valence-corrected chi connectivity index (χ3v) is 4.16. The molecule has 0 saturated carbocycles. The van der Waals surface area contributed by atoms with E-state index in [0.717, 1.165) is 21.8 Å². The van der Waals surface area contributed by atoms with Gasteiger partial charge in [-0.05, 0) is 37.1 Å². The minimum absolute atomic E-state index is 0.326. The standard InChI is InChI=1S/C18H15N5OS/c1-13-16(6-5-14-7-10-19-11-8-14)25-18(22-13)23-17(24)21-12-15-4-2-3-9-20-15/h2-4,7-11H,12H2,1H3,(H2,21,22,23,24). The molecule has 0 atom stereocenters. The van der Waals surface area contributed by atoms with Crippen LogP contribution in [-0.4, -0.2) is 21.0 Å². The molecule has 3 rings (SSSR count). The van der Waals surface area contributed by atoms with Crippen LogP contribution in [0.2, 0.25) is 0 Å². The van der Waals surface area contributed by atoms with Gasteiger partial charge < -0.3 is 5.32 Å². The smallest absolute Gasteiger partial charge is 0.321 e. The number of anilines is 1. The summed E-state index contributed by atoms with van der Waals surface area (Å²) in [4.78, 5) is 25.2. The molecular formula is C18H15N5OS. The number of carbonyl (C=O) groups is 1. The van der Waals surface area contributed by atoms with Gasteiger partial charge in [0.15, 0.2) is 5.13 Å². The summed E-state index contributed by atoms with van der Waals surface area (Å²) in [7, 11) is 0. The Labute approximate surface area is 149 Å². The van der Waals surface area contributed by atoms with Gasteiger partial charge in [-0.2, -0.15) is 0 Å².